The molecule has 1 aliphatic carbocycles. The third kappa shape index (κ3) is 5.44. The molecule has 0 unspecified atom stereocenters. The van der Waals surface area contributed by atoms with Gasteiger partial charge in [0.25, 0.3) is 0 Å². The Morgan fingerprint density at radius 1 is 1.60 bits per heavy atom. The second-order valence-electron chi connectivity index (χ2n) is 4.16. The number of rotatable bonds is 7. The minimum atomic E-state index is 0.0436. The van der Waals surface area contributed by atoms with Crippen molar-refractivity contribution in [2.45, 2.75) is 26.2 Å². The maximum absolute atomic E-state index is 11.4. The molecule has 1 amide bonds. The monoisotopic (exact) mass is 208 g/mol. The van der Waals surface area contributed by atoms with E-state index in [0.29, 0.717) is 13.1 Å². The highest BCUT2D eigenvalue weighted by Gasteiger charge is 2.24. The van der Waals surface area contributed by atoms with Crippen LogP contribution in [0.15, 0.2) is 0 Å². The van der Waals surface area contributed by atoms with E-state index in [0.717, 1.165) is 25.4 Å². The van der Waals surface area contributed by atoms with Crippen LogP contribution >= 0.6 is 0 Å². The minimum Gasteiger partial charge on any atom is -0.344 e. The zero-order chi connectivity index (χ0) is 11.1. The zero-order valence-electron chi connectivity index (χ0n) is 9.46. The standard InChI is InChI=1S/C12H20N2O/c1-3-7-13-12(15)10-14(8-4-2)9-11-5-6-11/h1,11H,4-10H2,2H3,(H,13,15). The summed E-state index contributed by atoms with van der Waals surface area (Å²) in [5.74, 6) is 3.28. The second kappa shape index (κ2) is 6.47. The molecule has 1 aliphatic rings. The molecule has 0 aromatic rings. The third-order valence-corrected chi connectivity index (χ3v) is 2.51. The SMILES string of the molecule is C#CCNC(=O)CN(CCC)CC1CC1. The lowest BCUT2D eigenvalue weighted by Gasteiger charge is -2.20. The van der Waals surface area contributed by atoms with Crippen LogP contribution in [-0.4, -0.2) is 37.0 Å². The number of nitrogens with zero attached hydrogens (tertiary/aromatic N) is 1. The van der Waals surface area contributed by atoms with Crippen LogP contribution in [0.25, 0.3) is 0 Å². The minimum absolute atomic E-state index is 0.0436. The molecule has 1 fully saturated rings. The van der Waals surface area contributed by atoms with Crippen LogP contribution in [0.2, 0.25) is 0 Å². The van der Waals surface area contributed by atoms with Crippen molar-refractivity contribution >= 4 is 5.91 Å². The van der Waals surface area contributed by atoms with Gasteiger partial charge in [0, 0.05) is 6.54 Å². The first-order valence-corrected chi connectivity index (χ1v) is 5.68. The molecule has 15 heavy (non-hydrogen) atoms. The van der Waals surface area contributed by atoms with Gasteiger partial charge in [0.2, 0.25) is 5.91 Å². The highest BCUT2D eigenvalue weighted by Crippen LogP contribution is 2.29. The highest BCUT2D eigenvalue weighted by atomic mass is 16.2. The van der Waals surface area contributed by atoms with E-state index in [2.05, 4.69) is 23.1 Å². The number of hydrogen-bond donors (Lipinski definition) is 1. The predicted octanol–water partition coefficient (Wildman–Crippen LogP) is 0.858. The van der Waals surface area contributed by atoms with E-state index in [-0.39, 0.29) is 5.91 Å². The Balaban J connectivity index is 2.22. The van der Waals surface area contributed by atoms with Gasteiger partial charge < -0.3 is 5.32 Å². The van der Waals surface area contributed by atoms with Gasteiger partial charge in [-0.15, -0.1) is 6.42 Å². The van der Waals surface area contributed by atoms with Gasteiger partial charge in [-0.1, -0.05) is 12.8 Å². The summed E-state index contributed by atoms with van der Waals surface area (Å²) in [7, 11) is 0. The van der Waals surface area contributed by atoms with Gasteiger partial charge in [-0.05, 0) is 31.7 Å². The van der Waals surface area contributed by atoms with E-state index in [9.17, 15) is 4.79 Å². The van der Waals surface area contributed by atoms with Gasteiger partial charge in [-0.2, -0.15) is 0 Å². The number of carbonyl (C=O) groups is 1. The van der Waals surface area contributed by atoms with Crippen molar-refractivity contribution in [1.82, 2.24) is 10.2 Å². The van der Waals surface area contributed by atoms with E-state index in [4.69, 9.17) is 6.42 Å². The normalized spacial score (nSPS) is 15.0. The van der Waals surface area contributed by atoms with E-state index in [1.165, 1.54) is 12.8 Å². The molecule has 0 atom stereocenters. The first kappa shape index (κ1) is 12.1. The van der Waals surface area contributed by atoms with E-state index in [1.807, 2.05) is 0 Å². The second-order valence-corrected chi connectivity index (χ2v) is 4.16. The Kier molecular flexibility index (Phi) is 5.20. The fraction of sp³-hybridized carbons (Fsp3) is 0.750. The molecule has 84 valence electrons. The average Bonchev–Trinajstić information content (AvgIpc) is 2.99. The summed E-state index contributed by atoms with van der Waals surface area (Å²) >= 11 is 0. The summed E-state index contributed by atoms with van der Waals surface area (Å²) < 4.78 is 0. The van der Waals surface area contributed by atoms with Gasteiger partial charge in [0.1, 0.15) is 0 Å². The number of terminal acetylenes is 1. The quantitative estimate of drug-likeness (QED) is 0.629. The largest absolute Gasteiger partial charge is 0.344 e. The Morgan fingerprint density at radius 3 is 2.87 bits per heavy atom. The molecule has 3 heteroatoms. The lowest BCUT2D eigenvalue weighted by molar-refractivity contribution is -0.122. The van der Waals surface area contributed by atoms with Crippen molar-refractivity contribution in [3.63, 3.8) is 0 Å². The fourth-order valence-electron chi connectivity index (χ4n) is 1.63. The van der Waals surface area contributed by atoms with E-state index in [1.54, 1.807) is 0 Å². The molecule has 0 aromatic heterocycles. The van der Waals surface area contributed by atoms with Crippen LogP contribution in [0.1, 0.15) is 26.2 Å². The van der Waals surface area contributed by atoms with Crippen molar-refractivity contribution in [1.29, 1.82) is 0 Å². The lowest BCUT2D eigenvalue weighted by atomic mass is 10.3. The third-order valence-electron chi connectivity index (χ3n) is 2.51. The van der Waals surface area contributed by atoms with Crippen LogP contribution in [0.3, 0.4) is 0 Å². The highest BCUT2D eigenvalue weighted by molar-refractivity contribution is 5.78. The number of hydrogen-bond acceptors (Lipinski definition) is 2. The molecule has 3 nitrogen and oxygen atoms in total. The Bertz CT molecular complexity index is 240. The predicted molar refractivity (Wildman–Crippen MR) is 61.3 cm³/mol. The molecule has 1 rings (SSSR count). The summed E-state index contributed by atoms with van der Waals surface area (Å²) in [6.07, 6.45) is 8.82. The molecule has 1 N–H and O–H groups in total. The molecule has 0 saturated heterocycles. The summed E-state index contributed by atoms with van der Waals surface area (Å²) in [4.78, 5) is 13.7. The van der Waals surface area contributed by atoms with Crippen LogP contribution in [0.4, 0.5) is 0 Å². The van der Waals surface area contributed by atoms with Crippen molar-refractivity contribution in [2.75, 3.05) is 26.2 Å². The molecule has 0 spiro atoms. The maximum Gasteiger partial charge on any atom is 0.234 e. The Hall–Kier alpha value is -1.01. The molecular weight excluding hydrogens is 188 g/mol. The first-order valence-electron chi connectivity index (χ1n) is 5.68. The molecule has 0 aliphatic heterocycles. The van der Waals surface area contributed by atoms with Gasteiger partial charge in [0.05, 0.1) is 13.1 Å². The molecule has 0 heterocycles. The molecule has 0 bridgehead atoms. The van der Waals surface area contributed by atoms with Crippen LogP contribution in [0, 0.1) is 18.3 Å². The van der Waals surface area contributed by atoms with Gasteiger partial charge >= 0.3 is 0 Å². The summed E-state index contributed by atoms with van der Waals surface area (Å²) in [6.45, 7) is 5.03. The average molecular weight is 208 g/mol. The molecule has 1 saturated carbocycles. The summed E-state index contributed by atoms with van der Waals surface area (Å²) in [5.41, 5.74) is 0. The first-order chi connectivity index (χ1) is 7.26. The molecular formula is C12H20N2O. The smallest absolute Gasteiger partial charge is 0.234 e. The van der Waals surface area contributed by atoms with Crippen LogP contribution in [-0.2, 0) is 4.79 Å². The topological polar surface area (TPSA) is 32.3 Å². The van der Waals surface area contributed by atoms with Gasteiger partial charge in [-0.3, -0.25) is 9.69 Å². The van der Waals surface area contributed by atoms with Crippen molar-refractivity contribution in [2.24, 2.45) is 5.92 Å². The van der Waals surface area contributed by atoms with E-state index < -0.39 is 0 Å². The van der Waals surface area contributed by atoms with E-state index >= 15 is 0 Å². The maximum atomic E-state index is 11.4. The number of amides is 1. The molecule has 0 radical (unpaired) electrons. The fourth-order valence-corrected chi connectivity index (χ4v) is 1.63. The van der Waals surface area contributed by atoms with Gasteiger partial charge in [-0.25, -0.2) is 0 Å². The summed E-state index contributed by atoms with van der Waals surface area (Å²) in [5, 5.41) is 2.70. The Labute approximate surface area is 92.2 Å². The van der Waals surface area contributed by atoms with Crippen molar-refractivity contribution in [3.05, 3.63) is 0 Å². The molecule has 0 aromatic carbocycles. The van der Waals surface area contributed by atoms with Crippen molar-refractivity contribution in [3.8, 4) is 12.3 Å². The van der Waals surface area contributed by atoms with Gasteiger partial charge in [0.15, 0.2) is 0 Å². The summed E-state index contributed by atoms with van der Waals surface area (Å²) in [6, 6.07) is 0. The number of nitrogens with one attached hydrogen (secondary N) is 1. The zero-order valence-corrected chi connectivity index (χ0v) is 9.46. The lowest BCUT2D eigenvalue weighted by Crippen LogP contribution is -2.38. The van der Waals surface area contributed by atoms with Crippen LogP contribution in [0.5, 0.6) is 0 Å². The van der Waals surface area contributed by atoms with Crippen LogP contribution < -0.4 is 5.32 Å². The van der Waals surface area contributed by atoms with Crippen molar-refractivity contribution < 1.29 is 4.79 Å². The number of carbonyl (C=O) groups excluding carboxylic acids is 1. The Morgan fingerprint density at radius 2 is 2.33 bits per heavy atom.